The minimum atomic E-state index is -0.300. The fraction of sp³-hybridized carbons (Fsp3) is 0.846. The maximum Gasteiger partial charge on any atom is 0.307 e. The van der Waals surface area contributed by atoms with Crippen molar-refractivity contribution >= 4 is 11.9 Å². The third-order valence-corrected chi connectivity index (χ3v) is 3.70. The Labute approximate surface area is 109 Å². The van der Waals surface area contributed by atoms with Gasteiger partial charge < -0.3 is 10.1 Å². The lowest BCUT2D eigenvalue weighted by Gasteiger charge is -2.31. The van der Waals surface area contributed by atoms with Gasteiger partial charge in [0, 0.05) is 18.6 Å². The number of nitrogens with zero attached hydrogens (tertiary/aromatic N) is 1. The summed E-state index contributed by atoms with van der Waals surface area (Å²) in [6.45, 7) is 6.57. The molecule has 1 heterocycles. The molecule has 1 fully saturated rings. The Morgan fingerprint density at radius 2 is 1.89 bits per heavy atom. The van der Waals surface area contributed by atoms with Crippen LogP contribution in [-0.2, 0) is 14.3 Å². The van der Waals surface area contributed by atoms with Crippen LogP contribution in [-0.4, -0.2) is 48.6 Å². The summed E-state index contributed by atoms with van der Waals surface area (Å²) in [5, 5.41) is 2.78. The molecular formula is C13H24N2O3. The zero-order chi connectivity index (χ0) is 13.7. The van der Waals surface area contributed by atoms with Gasteiger partial charge in [-0.1, -0.05) is 0 Å². The number of carbonyl (C=O) groups excluding carboxylic acids is 2. The summed E-state index contributed by atoms with van der Waals surface area (Å²) in [5.74, 6) is -0.314. The van der Waals surface area contributed by atoms with Gasteiger partial charge in [-0.3, -0.25) is 14.5 Å². The van der Waals surface area contributed by atoms with Crippen molar-refractivity contribution in [2.45, 2.75) is 58.2 Å². The molecule has 1 aliphatic heterocycles. The van der Waals surface area contributed by atoms with E-state index >= 15 is 0 Å². The van der Waals surface area contributed by atoms with Crippen LogP contribution in [0.1, 0.15) is 40.0 Å². The zero-order valence-electron chi connectivity index (χ0n) is 11.7. The molecule has 0 radical (unpaired) electrons. The van der Waals surface area contributed by atoms with Crippen LogP contribution in [0.15, 0.2) is 0 Å². The predicted octanol–water partition coefficient (Wildman–Crippen LogP) is 0.927. The number of amides is 1. The van der Waals surface area contributed by atoms with Crippen LogP contribution in [0, 0.1) is 0 Å². The molecule has 0 aromatic heterocycles. The van der Waals surface area contributed by atoms with Gasteiger partial charge in [0.15, 0.2) is 0 Å². The Kier molecular flexibility index (Phi) is 5.59. The van der Waals surface area contributed by atoms with Gasteiger partial charge in [-0.2, -0.15) is 0 Å². The van der Waals surface area contributed by atoms with Crippen LogP contribution >= 0.6 is 0 Å². The number of carbonyl (C=O) groups is 2. The van der Waals surface area contributed by atoms with E-state index in [0.717, 1.165) is 12.8 Å². The van der Waals surface area contributed by atoms with Crippen molar-refractivity contribution in [1.82, 2.24) is 10.2 Å². The molecule has 18 heavy (non-hydrogen) atoms. The summed E-state index contributed by atoms with van der Waals surface area (Å²) in [5.41, 5.74) is 0. The number of hydrogen-bond acceptors (Lipinski definition) is 4. The van der Waals surface area contributed by atoms with E-state index in [0.29, 0.717) is 18.6 Å². The second kappa shape index (κ2) is 6.73. The maximum absolute atomic E-state index is 12.0. The van der Waals surface area contributed by atoms with Crippen LogP contribution < -0.4 is 5.32 Å². The van der Waals surface area contributed by atoms with E-state index in [1.807, 2.05) is 6.92 Å². The summed E-state index contributed by atoms with van der Waals surface area (Å²) < 4.78 is 4.53. The van der Waals surface area contributed by atoms with Gasteiger partial charge in [-0.15, -0.1) is 0 Å². The smallest absolute Gasteiger partial charge is 0.307 e. The summed E-state index contributed by atoms with van der Waals surface area (Å²) in [6.07, 6.45) is 2.50. The van der Waals surface area contributed by atoms with Crippen molar-refractivity contribution in [3.8, 4) is 0 Å². The molecule has 1 rings (SSSR count). The monoisotopic (exact) mass is 256 g/mol. The van der Waals surface area contributed by atoms with Crippen molar-refractivity contribution < 1.29 is 14.3 Å². The van der Waals surface area contributed by atoms with Gasteiger partial charge >= 0.3 is 5.97 Å². The van der Waals surface area contributed by atoms with E-state index in [-0.39, 0.29) is 24.3 Å². The Morgan fingerprint density at radius 3 is 2.39 bits per heavy atom. The molecule has 104 valence electrons. The van der Waals surface area contributed by atoms with E-state index in [9.17, 15) is 9.59 Å². The highest BCUT2D eigenvalue weighted by atomic mass is 16.5. The molecular weight excluding hydrogens is 232 g/mol. The topological polar surface area (TPSA) is 58.6 Å². The van der Waals surface area contributed by atoms with Gasteiger partial charge in [-0.25, -0.2) is 0 Å². The lowest BCUT2D eigenvalue weighted by molar-refractivity contribution is -0.140. The predicted molar refractivity (Wildman–Crippen MR) is 69.1 cm³/mol. The first-order valence-corrected chi connectivity index (χ1v) is 6.59. The number of hydrogen-bond donors (Lipinski definition) is 1. The van der Waals surface area contributed by atoms with Crippen LogP contribution in [0.25, 0.3) is 0 Å². The van der Waals surface area contributed by atoms with E-state index in [1.54, 1.807) is 0 Å². The Morgan fingerprint density at radius 1 is 1.33 bits per heavy atom. The van der Waals surface area contributed by atoms with Crippen LogP contribution in [0.5, 0.6) is 0 Å². The van der Waals surface area contributed by atoms with Crippen molar-refractivity contribution in [3.63, 3.8) is 0 Å². The normalized spacial score (nSPS) is 25.8. The van der Waals surface area contributed by atoms with Gasteiger partial charge in [0.25, 0.3) is 0 Å². The van der Waals surface area contributed by atoms with Crippen molar-refractivity contribution in [3.05, 3.63) is 0 Å². The van der Waals surface area contributed by atoms with Gasteiger partial charge in [0.05, 0.1) is 19.6 Å². The molecule has 3 unspecified atom stereocenters. The molecule has 1 N–H and O–H groups in total. The summed E-state index contributed by atoms with van der Waals surface area (Å²) in [6, 6.07) is 0.748. The molecule has 1 aliphatic rings. The maximum atomic E-state index is 12.0. The molecule has 0 bridgehead atoms. The highest BCUT2D eigenvalue weighted by Crippen LogP contribution is 2.25. The average molecular weight is 256 g/mol. The van der Waals surface area contributed by atoms with E-state index in [4.69, 9.17) is 0 Å². The first-order valence-electron chi connectivity index (χ1n) is 6.59. The minimum Gasteiger partial charge on any atom is -0.469 e. The van der Waals surface area contributed by atoms with E-state index in [2.05, 4.69) is 28.8 Å². The van der Waals surface area contributed by atoms with Gasteiger partial charge in [0.2, 0.25) is 5.91 Å². The molecule has 0 aliphatic carbocycles. The van der Waals surface area contributed by atoms with Crippen molar-refractivity contribution in [1.29, 1.82) is 0 Å². The van der Waals surface area contributed by atoms with Crippen LogP contribution in [0.2, 0.25) is 0 Å². The standard InChI is InChI=1S/C13H24N2O3/c1-9-5-6-10(2)15(9)11(3)13(17)14-8-7-12(16)18-4/h9-11H,5-8H2,1-4H3,(H,14,17). The molecule has 1 amide bonds. The first-order chi connectivity index (χ1) is 8.47. The second-order valence-corrected chi connectivity index (χ2v) is 5.02. The minimum absolute atomic E-state index is 0.0143. The van der Waals surface area contributed by atoms with Crippen LogP contribution in [0.3, 0.4) is 0 Å². The third kappa shape index (κ3) is 3.70. The number of methoxy groups -OCH3 is 1. The number of ether oxygens (including phenoxy) is 1. The van der Waals surface area contributed by atoms with Crippen LogP contribution in [0.4, 0.5) is 0 Å². The Hall–Kier alpha value is -1.10. The number of esters is 1. The third-order valence-electron chi connectivity index (χ3n) is 3.70. The SMILES string of the molecule is COC(=O)CCNC(=O)C(C)N1C(C)CCC1C. The highest BCUT2D eigenvalue weighted by Gasteiger charge is 2.34. The number of likely N-dealkylation sites (tertiary alicyclic amines) is 1. The summed E-state index contributed by atoms with van der Waals surface area (Å²) in [4.78, 5) is 25.2. The molecule has 0 spiro atoms. The molecule has 0 saturated carbocycles. The quantitative estimate of drug-likeness (QED) is 0.743. The Balaban J connectivity index is 2.39. The Bertz CT molecular complexity index is 297. The fourth-order valence-electron chi connectivity index (χ4n) is 2.65. The van der Waals surface area contributed by atoms with E-state index in [1.165, 1.54) is 7.11 Å². The largest absolute Gasteiger partial charge is 0.469 e. The molecule has 1 saturated heterocycles. The van der Waals surface area contributed by atoms with Crippen molar-refractivity contribution in [2.24, 2.45) is 0 Å². The molecule has 0 aromatic rings. The zero-order valence-corrected chi connectivity index (χ0v) is 11.7. The summed E-state index contributed by atoms with van der Waals surface area (Å²) in [7, 11) is 1.35. The molecule has 0 aromatic carbocycles. The average Bonchev–Trinajstić information content (AvgIpc) is 2.67. The lowest BCUT2D eigenvalue weighted by Crippen LogP contribution is -2.49. The molecule has 3 atom stereocenters. The van der Waals surface area contributed by atoms with Gasteiger partial charge in [0.1, 0.15) is 0 Å². The fourth-order valence-corrected chi connectivity index (χ4v) is 2.65. The molecule has 5 nitrogen and oxygen atoms in total. The van der Waals surface area contributed by atoms with E-state index < -0.39 is 0 Å². The van der Waals surface area contributed by atoms with Crippen molar-refractivity contribution in [2.75, 3.05) is 13.7 Å². The lowest BCUT2D eigenvalue weighted by atomic mass is 10.2. The number of nitrogens with one attached hydrogen (secondary N) is 1. The first kappa shape index (κ1) is 15.0. The second-order valence-electron chi connectivity index (χ2n) is 5.02. The summed E-state index contributed by atoms with van der Waals surface area (Å²) >= 11 is 0. The van der Waals surface area contributed by atoms with Gasteiger partial charge in [-0.05, 0) is 33.6 Å². The molecule has 5 heteroatoms. The highest BCUT2D eigenvalue weighted by molar-refractivity contribution is 5.82. The number of rotatable bonds is 5.